The summed E-state index contributed by atoms with van der Waals surface area (Å²) in [5.74, 6) is 1.05. The number of rotatable bonds is 4. The Morgan fingerprint density at radius 1 is 1.22 bits per heavy atom. The van der Waals surface area contributed by atoms with E-state index in [4.69, 9.17) is 4.42 Å². The smallest absolute Gasteiger partial charge is 0.118 e. The van der Waals surface area contributed by atoms with Crippen molar-refractivity contribution in [1.29, 1.82) is 0 Å². The van der Waals surface area contributed by atoms with Crippen molar-refractivity contribution in [2.75, 3.05) is 7.05 Å². The van der Waals surface area contributed by atoms with E-state index in [0.717, 1.165) is 31.9 Å². The molecular formula is C15H18N2O. The van der Waals surface area contributed by atoms with E-state index in [0.29, 0.717) is 0 Å². The second kappa shape index (κ2) is 4.96. The van der Waals surface area contributed by atoms with E-state index in [1.165, 1.54) is 16.7 Å². The molecule has 0 amide bonds. The van der Waals surface area contributed by atoms with Crippen molar-refractivity contribution >= 4 is 0 Å². The monoisotopic (exact) mass is 242 g/mol. The van der Waals surface area contributed by atoms with E-state index >= 15 is 0 Å². The van der Waals surface area contributed by atoms with E-state index in [1.807, 2.05) is 13.3 Å². The molecular weight excluding hydrogens is 224 g/mol. The lowest BCUT2D eigenvalue weighted by Crippen LogP contribution is -2.15. The van der Waals surface area contributed by atoms with Crippen molar-refractivity contribution in [3.63, 3.8) is 0 Å². The average Bonchev–Trinajstić information content (AvgIpc) is 2.96. The van der Waals surface area contributed by atoms with Gasteiger partial charge in [-0.1, -0.05) is 24.3 Å². The molecule has 0 saturated heterocycles. The molecule has 2 heterocycles. The Morgan fingerprint density at radius 3 is 2.61 bits per heavy atom. The normalized spacial score (nSPS) is 14.9. The van der Waals surface area contributed by atoms with Crippen LogP contribution in [0.5, 0.6) is 0 Å². The van der Waals surface area contributed by atoms with Gasteiger partial charge in [0.2, 0.25) is 0 Å². The minimum absolute atomic E-state index is 0.865. The van der Waals surface area contributed by atoms with Crippen molar-refractivity contribution in [3.05, 3.63) is 59.0 Å². The van der Waals surface area contributed by atoms with Gasteiger partial charge in [0.25, 0.3) is 0 Å². The number of nitrogens with one attached hydrogen (secondary N) is 1. The van der Waals surface area contributed by atoms with Gasteiger partial charge in [-0.25, -0.2) is 0 Å². The zero-order valence-electron chi connectivity index (χ0n) is 10.6. The lowest BCUT2D eigenvalue weighted by atomic mass is 10.1. The summed E-state index contributed by atoms with van der Waals surface area (Å²) in [6, 6.07) is 10.8. The minimum atomic E-state index is 0.865. The maximum Gasteiger partial charge on any atom is 0.118 e. The van der Waals surface area contributed by atoms with Gasteiger partial charge in [0.15, 0.2) is 0 Å². The Morgan fingerprint density at radius 2 is 1.94 bits per heavy atom. The van der Waals surface area contributed by atoms with Gasteiger partial charge in [-0.2, -0.15) is 0 Å². The highest BCUT2D eigenvalue weighted by atomic mass is 16.3. The van der Waals surface area contributed by atoms with Crippen molar-refractivity contribution in [3.8, 4) is 0 Å². The van der Waals surface area contributed by atoms with Gasteiger partial charge in [0.05, 0.1) is 12.8 Å². The first-order valence-corrected chi connectivity index (χ1v) is 6.35. The highest BCUT2D eigenvalue weighted by Crippen LogP contribution is 2.24. The molecule has 0 radical (unpaired) electrons. The molecule has 1 aliphatic rings. The van der Waals surface area contributed by atoms with Crippen LogP contribution in [-0.2, 0) is 26.2 Å². The Labute approximate surface area is 107 Å². The fourth-order valence-corrected chi connectivity index (χ4v) is 2.54. The fourth-order valence-electron chi connectivity index (χ4n) is 2.54. The molecule has 1 aromatic carbocycles. The SMILES string of the molecule is CNCc1coc(CN2Cc3ccccc3C2)c1. The maximum atomic E-state index is 5.60. The maximum absolute atomic E-state index is 5.60. The third-order valence-electron chi connectivity index (χ3n) is 3.37. The van der Waals surface area contributed by atoms with E-state index < -0.39 is 0 Å². The molecule has 0 fully saturated rings. The first-order valence-electron chi connectivity index (χ1n) is 6.35. The predicted molar refractivity (Wildman–Crippen MR) is 70.9 cm³/mol. The summed E-state index contributed by atoms with van der Waals surface area (Å²) in [4.78, 5) is 2.41. The van der Waals surface area contributed by atoms with Crippen LogP contribution < -0.4 is 5.32 Å². The third kappa shape index (κ3) is 2.33. The molecule has 1 aliphatic heterocycles. The molecule has 2 aromatic rings. The average molecular weight is 242 g/mol. The van der Waals surface area contributed by atoms with Crippen molar-refractivity contribution in [2.24, 2.45) is 0 Å². The zero-order chi connectivity index (χ0) is 12.4. The standard InChI is InChI=1S/C15H18N2O/c1-16-7-12-6-15(18-11-12)10-17-8-13-4-2-3-5-14(13)9-17/h2-6,11,16H,7-10H2,1H3. The van der Waals surface area contributed by atoms with Gasteiger partial charge >= 0.3 is 0 Å². The van der Waals surface area contributed by atoms with Crippen LogP contribution in [0.3, 0.4) is 0 Å². The minimum Gasteiger partial charge on any atom is -0.468 e. The summed E-state index contributed by atoms with van der Waals surface area (Å²) in [6.45, 7) is 3.80. The molecule has 3 heteroatoms. The van der Waals surface area contributed by atoms with Gasteiger partial charge in [0, 0.05) is 25.2 Å². The molecule has 0 spiro atoms. The number of nitrogens with zero attached hydrogens (tertiary/aromatic N) is 1. The zero-order valence-corrected chi connectivity index (χ0v) is 10.6. The molecule has 1 N–H and O–H groups in total. The molecule has 18 heavy (non-hydrogen) atoms. The largest absolute Gasteiger partial charge is 0.468 e. The van der Waals surface area contributed by atoms with Gasteiger partial charge in [-0.05, 0) is 24.2 Å². The van der Waals surface area contributed by atoms with Crippen molar-refractivity contribution in [2.45, 2.75) is 26.2 Å². The Kier molecular flexibility index (Phi) is 3.17. The summed E-state index contributed by atoms with van der Waals surface area (Å²) < 4.78 is 5.60. The topological polar surface area (TPSA) is 28.4 Å². The Bertz CT molecular complexity index is 508. The summed E-state index contributed by atoms with van der Waals surface area (Å²) in [5.41, 5.74) is 4.10. The van der Waals surface area contributed by atoms with E-state index in [-0.39, 0.29) is 0 Å². The molecule has 0 saturated carbocycles. The van der Waals surface area contributed by atoms with Crippen LogP contribution in [0.1, 0.15) is 22.5 Å². The van der Waals surface area contributed by atoms with Gasteiger partial charge in [-0.15, -0.1) is 0 Å². The number of furan rings is 1. The molecule has 3 rings (SSSR count). The highest BCUT2D eigenvalue weighted by molar-refractivity contribution is 5.30. The Balaban J connectivity index is 1.65. The molecule has 94 valence electrons. The van der Waals surface area contributed by atoms with E-state index in [9.17, 15) is 0 Å². The Hall–Kier alpha value is -1.58. The summed E-state index contributed by atoms with van der Waals surface area (Å²) in [5, 5.41) is 3.13. The molecule has 0 bridgehead atoms. The highest BCUT2D eigenvalue weighted by Gasteiger charge is 2.19. The van der Waals surface area contributed by atoms with E-state index in [2.05, 4.69) is 40.5 Å². The number of benzene rings is 1. The van der Waals surface area contributed by atoms with Crippen LogP contribution in [0.15, 0.2) is 41.0 Å². The van der Waals surface area contributed by atoms with Gasteiger partial charge < -0.3 is 9.73 Å². The van der Waals surface area contributed by atoms with Crippen LogP contribution in [0, 0.1) is 0 Å². The molecule has 3 nitrogen and oxygen atoms in total. The molecule has 0 atom stereocenters. The van der Waals surface area contributed by atoms with Crippen LogP contribution in [0.25, 0.3) is 0 Å². The second-order valence-corrected chi connectivity index (χ2v) is 4.87. The van der Waals surface area contributed by atoms with Crippen molar-refractivity contribution < 1.29 is 4.42 Å². The van der Waals surface area contributed by atoms with Gasteiger partial charge in [-0.3, -0.25) is 4.90 Å². The quantitative estimate of drug-likeness (QED) is 0.893. The predicted octanol–water partition coefficient (Wildman–Crippen LogP) is 2.51. The first-order chi connectivity index (χ1) is 8.85. The van der Waals surface area contributed by atoms with Crippen LogP contribution in [0.4, 0.5) is 0 Å². The second-order valence-electron chi connectivity index (χ2n) is 4.87. The van der Waals surface area contributed by atoms with E-state index in [1.54, 1.807) is 0 Å². The molecule has 1 aromatic heterocycles. The fraction of sp³-hybridized carbons (Fsp3) is 0.333. The number of fused-ring (bicyclic) bond motifs is 1. The van der Waals surface area contributed by atoms with Crippen molar-refractivity contribution in [1.82, 2.24) is 10.2 Å². The first kappa shape index (κ1) is 11.5. The third-order valence-corrected chi connectivity index (χ3v) is 3.37. The van der Waals surface area contributed by atoms with Gasteiger partial charge in [0.1, 0.15) is 5.76 Å². The summed E-state index contributed by atoms with van der Waals surface area (Å²) in [6.07, 6.45) is 1.84. The summed E-state index contributed by atoms with van der Waals surface area (Å²) >= 11 is 0. The van der Waals surface area contributed by atoms with Crippen LogP contribution in [0.2, 0.25) is 0 Å². The van der Waals surface area contributed by atoms with Crippen LogP contribution >= 0.6 is 0 Å². The summed E-state index contributed by atoms with van der Waals surface area (Å²) in [7, 11) is 1.95. The van der Waals surface area contributed by atoms with Crippen LogP contribution in [-0.4, -0.2) is 11.9 Å². The molecule has 0 aliphatic carbocycles. The lowest BCUT2D eigenvalue weighted by Gasteiger charge is -2.12. The number of hydrogen-bond acceptors (Lipinski definition) is 3. The number of hydrogen-bond donors (Lipinski definition) is 1. The lowest BCUT2D eigenvalue weighted by molar-refractivity contribution is 0.251. The molecule has 0 unspecified atom stereocenters.